The van der Waals surface area contributed by atoms with Crippen molar-refractivity contribution in [2.24, 2.45) is 0 Å². The van der Waals surface area contributed by atoms with Gasteiger partial charge in [0.25, 0.3) is 17.8 Å². The van der Waals surface area contributed by atoms with Gasteiger partial charge in [0.05, 0.1) is 44.5 Å². The molecule has 2 aliphatic carbocycles. The average molecular weight is 745 g/mol. The van der Waals surface area contributed by atoms with E-state index in [1.807, 2.05) is 0 Å². The highest BCUT2D eigenvalue weighted by molar-refractivity contribution is 7.10. The van der Waals surface area contributed by atoms with Crippen molar-refractivity contribution in [1.82, 2.24) is 29.8 Å². The molecule has 1 atom stereocenters. The summed E-state index contributed by atoms with van der Waals surface area (Å²) in [6.07, 6.45) is -6.93. The van der Waals surface area contributed by atoms with Gasteiger partial charge >= 0.3 is 12.2 Å². The first-order valence-electron chi connectivity index (χ1n) is 15.9. The minimum Gasteiger partial charge on any atom is -0.378 e. The van der Waals surface area contributed by atoms with Gasteiger partial charge in [0.15, 0.2) is 10.7 Å². The first kappa shape index (κ1) is 34.0. The van der Waals surface area contributed by atoms with Gasteiger partial charge in [-0.05, 0) is 29.3 Å². The fourth-order valence-corrected chi connectivity index (χ4v) is 8.42. The van der Waals surface area contributed by atoms with E-state index in [1.54, 1.807) is 10.9 Å². The number of carbonyl (C=O) groups excluding carboxylic acids is 3. The van der Waals surface area contributed by atoms with Crippen LogP contribution >= 0.6 is 11.3 Å². The van der Waals surface area contributed by atoms with Gasteiger partial charge in [-0.15, -0.1) is 11.3 Å². The van der Waals surface area contributed by atoms with Crippen molar-refractivity contribution in [2.75, 3.05) is 32.8 Å². The van der Waals surface area contributed by atoms with E-state index in [4.69, 9.17) is 4.74 Å². The zero-order valence-electron chi connectivity index (χ0n) is 26.4. The molecule has 1 saturated carbocycles. The van der Waals surface area contributed by atoms with Gasteiger partial charge in [0, 0.05) is 48.1 Å². The number of nitrogens with zero attached hydrogens (tertiary/aromatic N) is 5. The van der Waals surface area contributed by atoms with E-state index >= 15 is 8.78 Å². The molecule has 1 spiro atoms. The van der Waals surface area contributed by atoms with Crippen LogP contribution in [0.4, 0.5) is 39.9 Å². The van der Waals surface area contributed by atoms with Gasteiger partial charge in [-0.1, -0.05) is 12.1 Å². The Kier molecular flexibility index (Phi) is 7.47. The summed E-state index contributed by atoms with van der Waals surface area (Å²) in [6, 6.07) is 5.04. The summed E-state index contributed by atoms with van der Waals surface area (Å²) in [5.74, 6) is -10.3. The second-order valence-electron chi connectivity index (χ2n) is 13.8. The van der Waals surface area contributed by atoms with Gasteiger partial charge < -0.3 is 15.0 Å². The van der Waals surface area contributed by atoms with Crippen LogP contribution in [-0.4, -0.2) is 98.9 Å². The van der Waals surface area contributed by atoms with Gasteiger partial charge in [0.2, 0.25) is 5.91 Å². The number of benzene rings is 1. The molecular formula is C32H28F8N6O4S. The Morgan fingerprint density at radius 3 is 2.33 bits per heavy atom. The van der Waals surface area contributed by atoms with Gasteiger partial charge in [0.1, 0.15) is 12.1 Å². The molecule has 1 aromatic carbocycles. The number of rotatable bonds is 8. The van der Waals surface area contributed by atoms with Crippen LogP contribution in [0.15, 0.2) is 42.7 Å². The number of nitrogens with one attached hydrogen (secondary N) is 1. The first-order valence-corrected chi connectivity index (χ1v) is 16.8. The molecule has 272 valence electrons. The van der Waals surface area contributed by atoms with Crippen molar-refractivity contribution in [3.63, 3.8) is 0 Å². The lowest BCUT2D eigenvalue weighted by Crippen LogP contribution is -2.71. The fraction of sp³-hybridized carbons (Fsp3) is 0.500. The lowest BCUT2D eigenvalue weighted by Gasteiger charge is -2.54. The number of aromatic nitrogens is 2. The Morgan fingerprint density at radius 1 is 1.00 bits per heavy atom. The minimum absolute atomic E-state index is 0.0771. The SMILES string of the molecule is O=C1N[C@]2(CC(F)(F)c3cc(-c4cnn(C5CN(C6COC6)C5)c4)ccc32)C(=O)N1CC(=O)N(Cc1ccc(F)s1)C1(C(F)(F)F)CC(F)(F)C1. The van der Waals surface area contributed by atoms with Gasteiger partial charge in [-0.3, -0.25) is 24.1 Å². The predicted octanol–water partition coefficient (Wildman–Crippen LogP) is 5.01. The maximum atomic E-state index is 15.7. The Balaban J connectivity index is 1.04. The molecule has 0 bridgehead atoms. The van der Waals surface area contributed by atoms with Crippen LogP contribution < -0.4 is 5.32 Å². The lowest BCUT2D eigenvalue weighted by atomic mass is 9.71. The third-order valence-corrected chi connectivity index (χ3v) is 11.4. The predicted molar refractivity (Wildman–Crippen MR) is 161 cm³/mol. The first-order chi connectivity index (χ1) is 23.9. The number of fused-ring (bicyclic) bond motifs is 2. The van der Waals surface area contributed by atoms with Crippen molar-refractivity contribution in [3.05, 3.63) is 63.9 Å². The number of carbonyl (C=O) groups is 3. The van der Waals surface area contributed by atoms with E-state index in [9.17, 15) is 40.7 Å². The summed E-state index contributed by atoms with van der Waals surface area (Å²) in [5.41, 5.74) is -5.67. The standard InChI is InChI=1S/C32H28F8N6O4S/c33-24-4-2-21(51-24)10-45(28(32(38,39)40)14-29(34,35)15-28)25(47)11-44-26(48)30(42-27(44)49)16-31(36,37)23-5-17(1-3-22(23)30)18-6-41-46(7-18)19-8-43(9-19)20-12-50-13-20/h1-7,19-20H,8-16H2,(H,42,49)/t30-/m0/s1. The van der Waals surface area contributed by atoms with Crippen molar-refractivity contribution in [3.8, 4) is 11.1 Å². The molecule has 1 N–H and O–H groups in total. The molecule has 10 nitrogen and oxygen atoms in total. The van der Waals surface area contributed by atoms with E-state index in [1.165, 1.54) is 24.4 Å². The molecule has 0 radical (unpaired) electrons. The highest BCUT2D eigenvalue weighted by atomic mass is 32.1. The van der Waals surface area contributed by atoms with Crippen molar-refractivity contribution < 1.29 is 54.2 Å². The summed E-state index contributed by atoms with van der Waals surface area (Å²) >= 11 is 0.386. The third kappa shape index (κ3) is 5.32. The topological polar surface area (TPSA) is 100 Å². The summed E-state index contributed by atoms with van der Waals surface area (Å²) in [6.45, 7) is 0.551. The van der Waals surface area contributed by atoms with Crippen molar-refractivity contribution in [1.29, 1.82) is 0 Å². The molecule has 5 aliphatic rings. The van der Waals surface area contributed by atoms with E-state index in [-0.39, 0.29) is 26.3 Å². The second kappa shape index (κ2) is 11.2. The largest absolute Gasteiger partial charge is 0.412 e. The molecule has 8 rings (SSSR count). The van der Waals surface area contributed by atoms with Crippen LogP contribution in [0.25, 0.3) is 11.1 Å². The smallest absolute Gasteiger partial charge is 0.378 e. The highest BCUT2D eigenvalue weighted by Crippen LogP contribution is 2.58. The summed E-state index contributed by atoms with van der Waals surface area (Å²) in [4.78, 5) is 43.0. The number of urea groups is 1. The zero-order chi connectivity index (χ0) is 36.3. The van der Waals surface area contributed by atoms with E-state index in [0.29, 0.717) is 41.7 Å². The van der Waals surface area contributed by atoms with Crippen LogP contribution in [0.5, 0.6) is 0 Å². The van der Waals surface area contributed by atoms with Crippen LogP contribution in [-0.2, 0) is 32.3 Å². The Bertz CT molecular complexity index is 1930. The molecular weight excluding hydrogens is 716 g/mol. The number of hydrogen-bond acceptors (Lipinski definition) is 7. The highest BCUT2D eigenvalue weighted by Gasteiger charge is 2.73. The van der Waals surface area contributed by atoms with Crippen molar-refractivity contribution >= 4 is 29.2 Å². The maximum absolute atomic E-state index is 15.7. The summed E-state index contributed by atoms with van der Waals surface area (Å²) < 4.78 is 123. The van der Waals surface area contributed by atoms with Crippen LogP contribution in [0.1, 0.15) is 41.3 Å². The minimum atomic E-state index is -5.37. The Hall–Kier alpha value is -4.10. The number of alkyl halides is 7. The molecule has 19 heteroatoms. The molecule has 4 amide bonds. The zero-order valence-corrected chi connectivity index (χ0v) is 27.2. The van der Waals surface area contributed by atoms with Crippen molar-refractivity contribution in [2.45, 2.75) is 67.0 Å². The molecule has 3 aromatic rings. The summed E-state index contributed by atoms with van der Waals surface area (Å²) in [7, 11) is 0. The number of amides is 4. The van der Waals surface area contributed by atoms with Crippen LogP contribution in [0.2, 0.25) is 0 Å². The normalized spacial score (nSPS) is 25.4. The molecule has 4 fully saturated rings. The van der Waals surface area contributed by atoms with E-state index in [2.05, 4.69) is 15.3 Å². The molecule has 3 aliphatic heterocycles. The van der Waals surface area contributed by atoms with Crippen LogP contribution in [0.3, 0.4) is 0 Å². The molecule has 51 heavy (non-hydrogen) atoms. The number of halogens is 8. The van der Waals surface area contributed by atoms with Crippen LogP contribution in [0, 0.1) is 5.13 Å². The molecule has 3 saturated heterocycles. The number of imide groups is 1. The van der Waals surface area contributed by atoms with Gasteiger partial charge in [-0.2, -0.15) is 22.7 Å². The number of likely N-dealkylation sites (tertiary alicyclic amines) is 1. The third-order valence-electron chi connectivity index (χ3n) is 10.6. The summed E-state index contributed by atoms with van der Waals surface area (Å²) in [5, 5.41) is 5.81. The monoisotopic (exact) mass is 744 g/mol. The Morgan fingerprint density at radius 2 is 1.73 bits per heavy atom. The Labute approximate surface area is 287 Å². The second-order valence-corrected chi connectivity index (χ2v) is 14.9. The average Bonchev–Trinajstić information content (AvgIpc) is 3.73. The van der Waals surface area contributed by atoms with Gasteiger partial charge in [-0.25, -0.2) is 22.4 Å². The molecule has 5 heterocycles. The quantitative estimate of drug-likeness (QED) is 0.258. The number of hydrogen-bond donors (Lipinski definition) is 1. The van der Waals surface area contributed by atoms with E-state index in [0.717, 1.165) is 25.2 Å². The number of ether oxygens (including phenoxy) is 1. The van der Waals surface area contributed by atoms with E-state index < -0.39 is 90.0 Å². The maximum Gasteiger partial charge on any atom is 0.412 e. The molecule has 0 unspecified atom stereocenters. The lowest BCUT2D eigenvalue weighted by molar-refractivity contribution is -0.307. The molecule has 2 aromatic heterocycles. The fourth-order valence-electron chi connectivity index (χ4n) is 7.71. The number of thiophene rings is 1.